The van der Waals surface area contributed by atoms with Gasteiger partial charge in [0, 0.05) is 4.88 Å². The van der Waals surface area contributed by atoms with Crippen LogP contribution in [-0.2, 0) is 6.54 Å². The first kappa shape index (κ1) is 11.4. The Hall–Kier alpha value is -1.13. The molecule has 16 heavy (non-hydrogen) atoms. The molecule has 2 aromatic rings. The van der Waals surface area contributed by atoms with Crippen molar-refractivity contribution in [3.05, 3.63) is 39.1 Å². The molecule has 0 spiro atoms. The third-order valence-corrected chi connectivity index (χ3v) is 3.64. The van der Waals surface area contributed by atoms with Crippen LogP contribution in [0.5, 0.6) is 0 Å². The number of aryl methyl sites for hydroxylation is 2. The van der Waals surface area contributed by atoms with E-state index in [-0.39, 0.29) is 0 Å². The lowest BCUT2D eigenvalue weighted by Crippen LogP contribution is -2.00. The predicted molar refractivity (Wildman–Crippen MR) is 68.2 cm³/mol. The zero-order valence-electron chi connectivity index (χ0n) is 9.12. The van der Waals surface area contributed by atoms with Gasteiger partial charge in [-0.25, -0.2) is 9.97 Å². The summed E-state index contributed by atoms with van der Waals surface area (Å²) in [4.78, 5) is 9.54. The molecule has 0 saturated carbocycles. The Balaban J connectivity index is 2.05. The summed E-state index contributed by atoms with van der Waals surface area (Å²) in [6.07, 6.45) is 1.74. The third-order valence-electron chi connectivity index (χ3n) is 2.31. The quantitative estimate of drug-likeness (QED) is 0.852. The number of hydrogen-bond donors (Lipinski definition) is 1. The molecule has 0 aliphatic rings. The number of rotatable bonds is 3. The first-order chi connectivity index (χ1) is 7.66. The summed E-state index contributed by atoms with van der Waals surface area (Å²) in [6, 6.07) is 1.99. The molecule has 2 rings (SSSR count). The van der Waals surface area contributed by atoms with E-state index in [0.29, 0.717) is 5.15 Å². The summed E-state index contributed by atoms with van der Waals surface area (Å²) in [5.41, 5.74) is 4.90. The van der Waals surface area contributed by atoms with Crippen molar-refractivity contribution in [3.63, 3.8) is 0 Å². The van der Waals surface area contributed by atoms with Crippen LogP contribution in [0.25, 0.3) is 0 Å². The van der Waals surface area contributed by atoms with E-state index in [4.69, 9.17) is 11.6 Å². The molecule has 0 saturated heterocycles. The summed E-state index contributed by atoms with van der Waals surface area (Å²) in [6.45, 7) is 4.73. The molecule has 0 aliphatic heterocycles. The van der Waals surface area contributed by atoms with E-state index in [1.54, 1.807) is 17.5 Å². The van der Waals surface area contributed by atoms with Gasteiger partial charge in [-0.3, -0.25) is 0 Å². The van der Waals surface area contributed by atoms with Gasteiger partial charge in [-0.2, -0.15) is 0 Å². The highest BCUT2D eigenvalue weighted by Gasteiger charge is 2.02. The molecule has 0 fully saturated rings. The van der Waals surface area contributed by atoms with Crippen molar-refractivity contribution < 1.29 is 0 Å². The average Bonchev–Trinajstić information content (AvgIpc) is 2.66. The second-order valence-electron chi connectivity index (χ2n) is 3.55. The average molecular weight is 254 g/mol. The molecule has 5 heteroatoms. The number of nitrogens with one attached hydrogen (secondary N) is 1. The molecule has 0 bridgehead atoms. The lowest BCUT2D eigenvalue weighted by molar-refractivity contribution is 1.11. The molecular weight excluding hydrogens is 242 g/mol. The zero-order valence-corrected chi connectivity index (χ0v) is 10.7. The van der Waals surface area contributed by atoms with Crippen molar-refractivity contribution in [2.75, 3.05) is 5.32 Å². The maximum Gasteiger partial charge on any atom is 0.132 e. The van der Waals surface area contributed by atoms with Crippen LogP contribution in [0.15, 0.2) is 17.8 Å². The van der Waals surface area contributed by atoms with Gasteiger partial charge in [0.25, 0.3) is 0 Å². The van der Waals surface area contributed by atoms with E-state index in [0.717, 1.165) is 23.5 Å². The smallest absolute Gasteiger partial charge is 0.132 e. The van der Waals surface area contributed by atoms with Crippen molar-refractivity contribution >= 4 is 28.6 Å². The minimum absolute atomic E-state index is 0.555. The lowest BCUT2D eigenvalue weighted by atomic mass is 10.3. The summed E-state index contributed by atoms with van der Waals surface area (Å²) in [5.74, 6) is 0. The van der Waals surface area contributed by atoms with Crippen LogP contribution in [-0.4, -0.2) is 9.97 Å². The van der Waals surface area contributed by atoms with Crippen molar-refractivity contribution in [2.24, 2.45) is 0 Å². The van der Waals surface area contributed by atoms with Gasteiger partial charge in [0.1, 0.15) is 5.15 Å². The lowest BCUT2D eigenvalue weighted by Gasteiger charge is -2.06. The Morgan fingerprint density at radius 2 is 2.19 bits per heavy atom. The highest BCUT2D eigenvalue weighted by molar-refractivity contribution is 7.09. The Morgan fingerprint density at radius 1 is 1.38 bits per heavy atom. The van der Waals surface area contributed by atoms with E-state index in [9.17, 15) is 0 Å². The normalized spacial score (nSPS) is 10.4. The summed E-state index contributed by atoms with van der Waals surface area (Å²) >= 11 is 7.51. The zero-order chi connectivity index (χ0) is 11.5. The van der Waals surface area contributed by atoms with E-state index < -0.39 is 0 Å². The standard InChI is InChI=1S/C11H12ClN3S/c1-7-3-9(4-14-11(7)12)13-5-10-8(2)15-6-16-10/h3-4,6,13H,5H2,1-2H3. The molecule has 0 unspecified atom stereocenters. The van der Waals surface area contributed by atoms with E-state index in [2.05, 4.69) is 15.3 Å². The van der Waals surface area contributed by atoms with Crippen molar-refractivity contribution in [3.8, 4) is 0 Å². The molecule has 2 heterocycles. The number of anilines is 1. The molecule has 0 aliphatic carbocycles. The van der Waals surface area contributed by atoms with Crippen molar-refractivity contribution in [1.82, 2.24) is 9.97 Å². The van der Waals surface area contributed by atoms with Gasteiger partial charge in [0.15, 0.2) is 0 Å². The van der Waals surface area contributed by atoms with Crippen LogP contribution >= 0.6 is 22.9 Å². The van der Waals surface area contributed by atoms with Crippen LogP contribution in [0.4, 0.5) is 5.69 Å². The highest BCUT2D eigenvalue weighted by atomic mass is 35.5. The van der Waals surface area contributed by atoms with Gasteiger partial charge in [0.05, 0.1) is 29.6 Å². The fraction of sp³-hybridized carbons (Fsp3) is 0.273. The number of aromatic nitrogens is 2. The maximum atomic E-state index is 5.86. The Morgan fingerprint density at radius 3 is 2.81 bits per heavy atom. The minimum atomic E-state index is 0.555. The van der Waals surface area contributed by atoms with Gasteiger partial charge in [-0.05, 0) is 25.5 Å². The fourth-order valence-corrected chi connectivity index (χ4v) is 2.15. The SMILES string of the molecule is Cc1cc(NCc2scnc2C)cnc1Cl. The predicted octanol–water partition coefficient (Wildman–Crippen LogP) is 3.42. The third kappa shape index (κ3) is 2.51. The molecule has 84 valence electrons. The molecular formula is C11H12ClN3S. The van der Waals surface area contributed by atoms with Crippen LogP contribution in [0.1, 0.15) is 16.1 Å². The number of nitrogens with zero attached hydrogens (tertiary/aromatic N) is 2. The van der Waals surface area contributed by atoms with E-state index >= 15 is 0 Å². The molecule has 0 amide bonds. The Bertz CT molecular complexity index is 496. The Kier molecular flexibility index (Phi) is 3.41. The molecule has 0 atom stereocenters. The van der Waals surface area contributed by atoms with Crippen LogP contribution in [0, 0.1) is 13.8 Å². The molecule has 1 N–H and O–H groups in total. The summed E-state index contributed by atoms with van der Waals surface area (Å²) < 4.78 is 0. The van der Waals surface area contributed by atoms with Gasteiger partial charge in [-0.1, -0.05) is 11.6 Å². The van der Waals surface area contributed by atoms with Crippen LogP contribution < -0.4 is 5.32 Å². The maximum absolute atomic E-state index is 5.86. The largest absolute Gasteiger partial charge is 0.379 e. The highest BCUT2D eigenvalue weighted by Crippen LogP contribution is 2.18. The first-order valence-electron chi connectivity index (χ1n) is 4.92. The first-order valence-corrected chi connectivity index (χ1v) is 6.17. The molecule has 2 aromatic heterocycles. The second-order valence-corrected chi connectivity index (χ2v) is 4.84. The number of hydrogen-bond acceptors (Lipinski definition) is 4. The second kappa shape index (κ2) is 4.80. The summed E-state index contributed by atoms with van der Waals surface area (Å²) in [7, 11) is 0. The van der Waals surface area contributed by atoms with Gasteiger partial charge >= 0.3 is 0 Å². The van der Waals surface area contributed by atoms with Gasteiger partial charge in [-0.15, -0.1) is 11.3 Å². The molecule has 0 aromatic carbocycles. The number of halogens is 1. The van der Waals surface area contributed by atoms with Gasteiger partial charge in [0.2, 0.25) is 0 Å². The molecule has 0 radical (unpaired) electrons. The van der Waals surface area contributed by atoms with Crippen molar-refractivity contribution in [1.29, 1.82) is 0 Å². The van der Waals surface area contributed by atoms with Gasteiger partial charge < -0.3 is 5.32 Å². The molecule has 3 nitrogen and oxygen atoms in total. The monoisotopic (exact) mass is 253 g/mol. The number of pyridine rings is 1. The van der Waals surface area contributed by atoms with Crippen molar-refractivity contribution in [2.45, 2.75) is 20.4 Å². The summed E-state index contributed by atoms with van der Waals surface area (Å²) in [5, 5.41) is 3.86. The van der Waals surface area contributed by atoms with Crippen LogP contribution in [0.3, 0.4) is 0 Å². The number of thiazole rings is 1. The van der Waals surface area contributed by atoms with Crippen LogP contribution in [0.2, 0.25) is 5.15 Å². The van der Waals surface area contributed by atoms with E-state index in [1.165, 1.54) is 4.88 Å². The van der Waals surface area contributed by atoms with E-state index in [1.807, 2.05) is 25.4 Å². The Labute approximate surface area is 104 Å². The fourth-order valence-electron chi connectivity index (χ4n) is 1.33. The minimum Gasteiger partial charge on any atom is -0.379 e. The topological polar surface area (TPSA) is 37.8 Å².